The summed E-state index contributed by atoms with van der Waals surface area (Å²) in [5, 5.41) is 13.8. The predicted molar refractivity (Wildman–Crippen MR) is 132 cm³/mol. The molecule has 0 spiro atoms. The van der Waals surface area contributed by atoms with Crippen LogP contribution >= 0.6 is 9.24 Å². The number of aromatic hydroxyl groups is 1. The van der Waals surface area contributed by atoms with Crippen LogP contribution in [0.3, 0.4) is 0 Å². The number of fused-ring (bicyclic) bond motifs is 3. The summed E-state index contributed by atoms with van der Waals surface area (Å²) in [4.78, 5) is 42.7. The fraction of sp³-hybridized carbons (Fsp3) is 0.458. The molecule has 1 unspecified atom stereocenters. The fourth-order valence-corrected chi connectivity index (χ4v) is 5.34. The summed E-state index contributed by atoms with van der Waals surface area (Å²) >= 11 is 0. The summed E-state index contributed by atoms with van der Waals surface area (Å²) in [5.41, 5.74) is 0.855. The van der Waals surface area contributed by atoms with Crippen molar-refractivity contribution in [1.29, 1.82) is 0 Å². The first-order chi connectivity index (χ1) is 16.2. The van der Waals surface area contributed by atoms with E-state index in [0.29, 0.717) is 19.7 Å². The highest BCUT2D eigenvalue weighted by Gasteiger charge is 2.46. The lowest BCUT2D eigenvalue weighted by Gasteiger charge is -2.45. The quantitative estimate of drug-likeness (QED) is 0.617. The van der Waals surface area contributed by atoms with Crippen molar-refractivity contribution in [2.75, 3.05) is 32.3 Å². The average molecular weight is 487 g/mol. The number of nitrogens with zero attached hydrogens (tertiary/aromatic N) is 4. The first kappa shape index (κ1) is 24.2. The Morgan fingerprint density at radius 3 is 2.68 bits per heavy atom. The van der Waals surface area contributed by atoms with Crippen LogP contribution in [0.5, 0.6) is 5.75 Å². The molecule has 182 valence electrons. The van der Waals surface area contributed by atoms with Gasteiger partial charge in [-0.25, -0.2) is 0 Å². The summed E-state index contributed by atoms with van der Waals surface area (Å²) in [6.45, 7) is 4.99. The number of hydrogen-bond acceptors (Lipinski definition) is 6. The van der Waals surface area contributed by atoms with Gasteiger partial charge in [0, 0.05) is 33.4 Å². The number of carbonyl (C=O) groups is 2. The topological polar surface area (TPSA) is 95.3 Å². The largest absolute Gasteiger partial charge is 0.502 e. The van der Waals surface area contributed by atoms with Crippen LogP contribution < -0.4 is 15.7 Å². The molecule has 1 aromatic heterocycles. The number of amides is 2. The van der Waals surface area contributed by atoms with E-state index in [1.807, 2.05) is 37.1 Å². The van der Waals surface area contributed by atoms with Crippen molar-refractivity contribution < 1.29 is 19.4 Å². The van der Waals surface area contributed by atoms with E-state index >= 15 is 0 Å². The number of aromatic nitrogens is 1. The van der Waals surface area contributed by atoms with Gasteiger partial charge in [0.15, 0.2) is 11.4 Å². The molecular formula is C24H31N4O5P. The number of ether oxygens (including phenoxy) is 1. The monoisotopic (exact) mass is 486 g/mol. The Balaban J connectivity index is 1.76. The summed E-state index contributed by atoms with van der Waals surface area (Å²) in [6, 6.07) is 5.83. The van der Waals surface area contributed by atoms with Crippen molar-refractivity contribution in [3.63, 3.8) is 0 Å². The van der Waals surface area contributed by atoms with Crippen LogP contribution in [-0.2, 0) is 11.3 Å². The molecule has 0 saturated carbocycles. The number of pyridine rings is 1. The second-order valence-electron chi connectivity index (χ2n) is 8.90. The summed E-state index contributed by atoms with van der Waals surface area (Å²) < 4.78 is 6.88. The Hall–Kier alpha value is -2.90. The van der Waals surface area contributed by atoms with Gasteiger partial charge in [-0.05, 0) is 43.1 Å². The van der Waals surface area contributed by atoms with E-state index in [4.69, 9.17) is 4.74 Å². The molecule has 1 N–H and O–H groups in total. The van der Waals surface area contributed by atoms with Crippen molar-refractivity contribution in [2.45, 2.75) is 45.4 Å². The van der Waals surface area contributed by atoms with E-state index in [0.717, 1.165) is 29.3 Å². The van der Waals surface area contributed by atoms with Crippen molar-refractivity contribution >= 4 is 26.4 Å². The van der Waals surface area contributed by atoms with Crippen LogP contribution in [-0.4, -0.2) is 70.9 Å². The van der Waals surface area contributed by atoms with Crippen LogP contribution in [0, 0.1) is 6.92 Å². The van der Waals surface area contributed by atoms with Crippen LogP contribution in [0.25, 0.3) is 0 Å². The Morgan fingerprint density at radius 1 is 1.29 bits per heavy atom. The predicted octanol–water partition coefficient (Wildman–Crippen LogP) is 1.18. The molecule has 10 heteroatoms. The fourth-order valence-electron chi connectivity index (χ4n) is 5.00. The lowest BCUT2D eigenvalue weighted by Crippen LogP contribution is -2.61. The first-order valence-electron chi connectivity index (χ1n) is 11.4. The van der Waals surface area contributed by atoms with Gasteiger partial charge in [0.1, 0.15) is 11.7 Å². The average Bonchev–Trinajstić information content (AvgIpc) is 3.21. The third kappa shape index (κ3) is 3.97. The van der Waals surface area contributed by atoms with Gasteiger partial charge in [-0.3, -0.25) is 24.1 Å². The van der Waals surface area contributed by atoms with Gasteiger partial charge in [0.2, 0.25) is 5.43 Å². The molecule has 3 heterocycles. The molecule has 0 bridgehead atoms. The van der Waals surface area contributed by atoms with E-state index < -0.39 is 23.0 Å². The molecular weight excluding hydrogens is 455 g/mol. The highest BCUT2D eigenvalue weighted by molar-refractivity contribution is 7.27. The van der Waals surface area contributed by atoms with Gasteiger partial charge in [-0.15, -0.1) is 9.24 Å². The van der Waals surface area contributed by atoms with E-state index in [2.05, 4.69) is 9.24 Å². The maximum Gasteiger partial charge on any atom is 0.278 e. The Bertz CT molecular complexity index is 1200. The van der Waals surface area contributed by atoms with Crippen molar-refractivity contribution in [1.82, 2.24) is 14.5 Å². The first-order valence-corrected chi connectivity index (χ1v) is 11.9. The Labute approximate surface area is 201 Å². The zero-order chi connectivity index (χ0) is 24.7. The van der Waals surface area contributed by atoms with E-state index in [1.54, 1.807) is 19.1 Å². The molecule has 0 radical (unpaired) electrons. The minimum atomic E-state index is -0.842. The molecule has 1 saturated heterocycles. The van der Waals surface area contributed by atoms with Crippen LogP contribution in [0.15, 0.2) is 29.2 Å². The number of aryl methyl sites for hydroxylation is 1. The highest BCUT2D eigenvalue weighted by atomic mass is 31.0. The van der Waals surface area contributed by atoms with Gasteiger partial charge < -0.3 is 19.6 Å². The van der Waals surface area contributed by atoms with Crippen molar-refractivity contribution in [3.05, 3.63) is 57.0 Å². The normalized spacial score (nSPS) is 19.3. The molecule has 34 heavy (non-hydrogen) atoms. The summed E-state index contributed by atoms with van der Waals surface area (Å²) in [7, 11) is 5.87. The second kappa shape index (κ2) is 9.39. The Morgan fingerprint density at radius 2 is 2.03 bits per heavy atom. The van der Waals surface area contributed by atoms with Crippen molar-refractivity contribution in [3.8, 4) is 5.75 Å². The molecule has 4 rings (SSSR count). The minimum Gasteiger partial charge on any atom is -0.502 e. The van der Waals surface area contributed by atoms with E-state index in [1.165, 1.54) is 15.8 Å². The molecule has 2 aromatic rings. The molecule has 0 aliphatic carbocycles. The summed E-state index contributed by atoms with van der Waals surface area (Å²) in [6.07, 6.45) is 2.68. The molecule has 1 fully saturated rings. The van der Waals surface area contributed by atoms with E-state index in [9.17, 15) is 19.5 Å². The smallest absolute Gasteiger partial charge is 0.278 e. The molecule has 9 nitrogen and oxygen atoms in total. The number of carbonyl (C=O) groups excluding carboxylic acids is 2. The highest BCUT2D eigenvalue weighted by Crippen LogP contribution is 2.33. The van der Waals surface area contributed by atoms with Gasteiger partial charge in [-0.1, -0.05) is 18.2 Å². The number of benzene rings is 1. The van der Waals surface area contributed by atoms with Gasteiger partial charge in [-0.2, -0.15) is 0 Å². The zero-order valence-corrected chi connectivity index (χ0v) is 21.1. The summed E-state index contributed by atoms with van der Waals surface area (Å²) in [5.74, 6) is -1.64. The molecule has 2 amide bonds. The van der Waals surface area contributed by atoms with Crippen LogP contribution in [0.1, 0.15) is 51.7 Å². The van der Waals surface area contributed by atoms with Crippen molar-refractivity contribution in [2.24, 2.45) is 0 Å². The maximum atomic E-state index is 13.3. The Kier molecular flexibility index (Phi) is 6.69. The van der Waals surface area contributed by atoms with Crippen LogP contribution in [0.2, 0.25) is 0 Å². The van der Waals surface area contributed by atoms with Crippen LogP contribution in [0.4, 0.5) is 0 Å². The number of methoxy groups -OCH3 is 1. The maximum absolute atomic E-state index is 13.3. The van der Waals surface area contributed by atoms with Gasteiger partial charge in [0.25, 0.3) is 11.8 Å². The minimum absolute atomic E-state index is 0.0634. The number of rotatable bonds is 6. The molecule has 2 aliphatic heterocycles. The zero-order valence-electron chi connectivity index (χ0n) is 19.9. The second-order valence-corrected chi connectivity index (χ2v) is 9.57. The van der Waals surface area contributed by atoms with Gasteiger partial charge >= 0.3 is 0 Å². The molecule has 2 aliphatic rings. The molecule has 1 aromatic carbocycles. The van der Waals surface area contributed by atoms with E-state index in [-0.39, 0.29) is 23.5 Å². The SMILES string of the molecule is CCN1C(=O)c2c(O)c(=O)c(C(=O)N(C)Cc3ccc(P)cc3C)cn2N2[C@H](COC)CC[C@@H]12. The standard InChI is InChI=1S/C24H31N4O5P/c1-5-26-19-9-7-16(13-33-4)28(19)27-12-18(21(29)22(30)20(27)24(26)32)23(31)25(3)11-15-6-8-17(34)10-14(15)2/h6,8,10,12,16,19,30H,5,7,9,11,13,34H2,1-4H3/t16-,19-/m0/s1. The lowest BCUT2D eigenvalue weighted by atomic mass is 10.1. The third-order valence-corrected chi connectivity index (χ3v) is 7.08. The third-order valence-electron chi connectivity index (χ3n) is 6.73. The molecule has 3 atom stereocenters. The number of hydrogen-bond donors (Lipinski definition) is 1. The van der Waals surface area contributed by atoms with Gasteiger partial charge in [0.05, 0.1) is 12.6 Å². The lowest BCUT2D eigenvalue weighted by molar-refractivity contribution is 0.0583.